The Kier molecular flexibility index (Phi) is 2.39. The summed E-state index contributed by atoms with van der Waals surface area (Å²) in [6, 6.07) is -0.0300. The summed E-state index contributed by atoms with van der Waals surface area (Å²) in [5.41, 5.74) is -0.533. The Morgan fingerprint density at radius 2 is 2.33 bits per heavy atom. The first kappa shape index (κ1) is 9.08. The van der Waals surface area contributed by atoms with Gasteiger partial charge in [0.25, 0.3) is 0 Å². The Bertz CT molecular complexity index is 223. The molecule has 0 aromatic carbocycles. The topological polar surface area (TPSA) is 41.1 Å². The zero-order chi connectivity index (χ0) is 9.19. The molecule has 2 N–H and O–H groups in total. The summed E-state index contributed by atoms with van der Waals surface area (Å²) in [5, 5.41) is 5.78. The van der Waals surface area contributed by atoms with Gasteiger partial charge in [-0.3, -0.25) is 4.79 Å². The monoisotopic (exact) mass is 166 g/mol. The van der Waals surface area contributed by atoms with Crippen molar-refractivity contribution < 1.29 is 4.79 Å². The molecular weight excluding hydrogens is 152 g/mol. The summed E-state index contributed by atoms with van der Waals surface area (Å²) in [4.78, 5) is 11.3. The summed E-state index contributed by atoms with van der Waals surface area (Å²) >= 11 is 0. The highest BCUT2D eigenvalue weighted by Gasteiger charge is 2.27. The van der Waals surface area contributed by atoms with Crippen molar-refractivity contribution in [2.45, 2.75) is 31.8 Å². The number of hydrogen-bond acceptors (Lipinski definition) is 2. The second-order valence-electron chi connectivity index (χ2n) is 3.55. The van der Waals surface area contributed by atoms with Crippen LogP contribution < -0.4 is 10.6 Å². The maximum Gasteiger partial charge on any atom is 0.238 e. The maximum absolute atomic E-state index is 11.3. The molecule has 0 saturated carbocycles. The molecule has 12 heavy (non-hydrogen) atoms. The molecule has 1 rings (SSSR count). The van der Waals surface area contributed by atoms with Crippen LogP contribution in [0.1, 0.15) is 20.3 Å². The molecule has 0 aromatic heterocycles. The second kappa shape index (κ2) is 3.16. The molecule has 0 aromatic rings. The number of nitrogens with one attached hydrogen (secondary N) is 2. The fraction of sp³-hybridized carbons (Fsp3) is 0.667. The summed E-state index contributed by atoms with van der Waals surface area (Å²) in [7, 11) is 0. The number of carbonyl (C=O) groups excluding carboxylic acids is 1. The van der Waals surface area contributed by atoms with E-state index in [-0.39, 0.29) is 11.9 Å². The van der Waals surface area contributed by atoms with E-state index in [0.717, 1.165) is 13.0 Å². The molecule has 1 aliphatic heterocycles. The van der Waals surface area contributed by atoms with E-state index in [9.17, 15) is 4.79 Å². The first-order chi connectivity index (χ1) is 5.55. The van der Waals surface area contributed by atoms with Crippen LogP contribution in [-0.2, 0) is 4.79 Å². The minimum Gasteiger partial charge on any atom is -0.339 e. The van der Waals surface area contributed by atoms with Gasteiger partial charge in [0, 0.05) is 0 Å². The third kappa shape index (κ3) is 1.99. The van der Waals surface area contributed by atoms with Gasteiger partial charge in [0.05, 0.1) is 11.6 Å². The van der Waals surface area contributed by atoms with Crippen LogP contribution in [0.3, 0.4) is 0 Å². The lowest BCUT2D eigenvalue weighted by Gasteiger charge is -2.29. The molecule has 0 bridgehead atoms. The summed E-state index contributed by atoms with van der Waals surface area (Å²) in [6.45, 7) is 4.54. The van der Waals surface area contributed by atoms with Gasteiger partial charge in [-0.15, -0.1) is 6.42 Å². The number of rotatable bonds is 2. The van der Waals surface area contributed by atoms with Gasteiger partial charge < -0.3 is 10.6 Å². The van der Waals surface area contributed by atoms with Crippen LogP contribution in [-0.4, -0.2) is 24.0 Å². The Hall–Kier alpha value is -1.01. The fourth-order valence-corrected chi connectivity index (χ4v) is 0.944. The third-order valence-electron chi connectivity index (χ3n) is 1.94. The Morgan fingerprint density at radius 1 is 1.75 bits per heavy atom. The molecule has 1 unspecified atom stereocenters. The highest BCUT2D eigenvalue weighted by molar-refractivity contribution is 5.83. The van der Waals surface area contributed by atoms with Gasteiger partial charge in [0.1, 0.15) is 0 Å². The Morgan fingerprint density at radius 3 is 2.67 bits per heavy atom. The lowest BCUT2D eigenvalue weighted by atomic mass is 10.0. The van der Waals surface area contributed by atoms with E-state index in [2.05, 4.69) is 16.6 Å². The molecule has 0 spiro atoms. The van der Waals surface area contributed by atoms with Crippen LogP contribution in [0.5, 0.6) is 0 Å². The van der Waals surface area contributed by atoms with E-state index < -0.39 is 5.54 Å². The molecule has 66 valence electrons. The van der Waals surface area contributed by atoms with Crippen molar-refractivity contribution >= 4 is 5.91 Å². The van der Waals surface area contributed by atoms with Crippen LogP contribution in [0.25, 0.3) is 0 Å². The van der Waals surface area contributed by atoms with Crippen molar-refractivity contribution in [2.75, 3.05) is 6.54 Å². The lowest BCUT2D eigenvalue weighted by Crippen LogP contribution is -2.57. The standard InChI is InChI=1S/C9H14N2O/c1-4-9(2,3)11-8(12)7-5-6-10-7/h1,7,10H,5-6H2,2-3H3,(H,11,12). The van der Waals surface area contributed by atoms with Crippen molar-refractivity contribution in [1.29, 1.82) is 0 Å². The van der Waals surface area contributed by atoms with Crippen molar-refractivity contribution in [2.24, 2.45) is 0 Å². The summed E-state index contributed by atoms with van der Waals surface area (Å²) in [5.74, 6) is 2.52. The van der Waals surface area contributed by atoms with Gasteiger partial charge in [-0.25, -0.2) is 0 Å². The van der Waals surface area contributed by atoms with Gasteiger partial charge in [0.2, 0.25) is 5.91 Å². The molecule has 1 amide bonds. The minimum atomic E-state index is -0.533. The fourth-order valence-electron chi connectivity index (χ4n) is 0.944. The predicted octanol–water partition coefficient (Wildman–Crippen LogP) is -0.124. The van der Waals surface area contributed by atoms with Crippen LogP contribution in [0, 0.1) is 12.3 Å². The first-order valence-electron chi connectivity index (χ1n) is 4.08. The molecular formula is C9H14N2O. The quantitative estimate of drug-likeness (QED) is 0.561. The van der Waals surface area contributed by atoms with Crippen molar-refractivity contribution in [3.05, 3.63) is 0 Å². The number of hydrogen-bond donors (Lipinski definition) is 2. The number of carbonyl (C=O) groups is 1. The van der Waals surface area contributed by atoms with Crippen LogP contribution in [0.4, 0.5) is 0 Å². The molecule has 1 saturated heterocycles. The third-order valence-corrected chi connectivity index (χ3v) is 1.94. The first-order valence-corrected chi connectivity index (χ1v) is 4.08. The van der Waals surface area contributed by atoms with Crippen molar-refractivity contribution in [1.82, 2.24) is 10.6 Å². The molecule has 0 aliphatic carbocycles. The van der Waals surface area contributed by atoms with Gasteiger partial charge in [-0.1, -0.05) is 5.92 Å². The average molecular weight is 166 g/mol. The van der Waals surface area contributed by atoms with E-state index in [1.807, 2.05) is 13.8 Å². The highest BCUT2D eigenvalue weighted by atomic mass is 16.2. The van der Waals surface area contributed by atoms with Gasteiger partial charge in [0.15, 0.2) is 0 Å². The van der Waals surface area contributed by atoms with Crippen molar-refractivity contribution in [3.63, 3.8) is 0 Å². The van der Waals surface area contributed by atoms with E-state index >= 15 is 0 Å². The smallest absolute Gasteiger partial charge is 0.238 e. The van der Waals surface area contributed by atoms with Gasteiger partial charge in [-0.2, -0.15) is 0 Å². The SMILES string of the molecule is C#CC(C)(C)NC(=O)C1CCN1. The zero-order valence-corrected chi connectivity index (χ0v) is 7.48. The minimum absolute atomic E-state index is 0.00389. The maximum atomic E-state index is 11.3. The van der Waals surface area contributed by atoms with E-state index in [1.54, 1.807) is 0 Å². The molecule has 1 heterocycles. The molecule has 3 heteroatoms. The largest absolute Gasteiger partial charge is 0.339 e. The van der Waals surface area contributed by atoms with Gasteiger partial charge in [-0.05, 0) is 26.8 Å². The highest BCUT2D eigenvalue weighted by Crippen LogP contribution is 2.05. The Balaban J connectivity index is 2.40. The van der Waals surface area contributed by atoms with E-state index in [1.165, 1.54) is 0 Å². The normalized spacial score (nSPS) is 22.2. The summed E-state index contributed by atoms with van der Waals surface area (Å²) < 4.78 is 0. The molecule has 1 atom stereocenters. The summed E-state index contributed by atoms with van der Waals surface area (Å²) in [6.07, 6.45) is 6.14. The lowest BCUT2D eigenvalue weighted by molar-refractivity contribution is -0.125. The molecule has 0 radical (unpaired) electrons. The van der Waals surface area contributed by atoms with E-state index in [4.69, 9.17) is 6.42 Å². The average Bonchev–Trinajstić information content (AvgIpc) is 1.82. The molecule has 1 fully saturated rings. The van der Waals surface area contributed by atoms with Crippen molar-refractivity contribution in [3.8, 4) is 12.3 Å². The molecule has 3 nitrogen and oxygen atoms in total. The van der Waals surface area contributed by atoms with E-state index in [0.29, 0.717) is 0 Å². The second-order valence-corrected chi connectivity index (χ2v) is 3.55. The number of amides is 1. The van der Waals surface area contributed by atoms with Crippen LogP contribution in [0.2, 0.25) is 0 Å². The molecule has 1 aliphatic rings. The number of terminal acetylenes is 1. The Labute approximate surface area is 72.9 Å². The predicted molar refractivity (Wildman–Crippen MR) is 47.5 cm³/mol. The zero-order valence-electron chi connectivity index (χ0n) is 7.48. The van der Waals surface area contributed by atoms with Crippen LogP contribution >= 0.6 is 0 Å². The van der Waals surface area contributed by atoms with Crippen LogP contribution in [0.15, 0.2) is 0 Å². The van der Waals surface area contributed by atoms with Gasteiger partial charge >= 0.3 is 0 Å².